The highest BCUT2D eigenvalue weighted by atomic mass is 32.1. The minimum absolute atomic E-state index is 0.0607. The third-order valence-corrected chi connectivity index (χ3v) is 5.70. The van der Waals surface area contributed by atoms with Crippen LogP contribution >= 0.6 is 11.3 Å². The first kappa shape index (κ1) is 21.4. The number of nitrogens with zero attached hydrogens (tertiary/aromatic N) is 5. The molecular formula is C24H16FN5O3S. The normalized spacial score (nSPS) is 11.5. The van der Waals surface area contributed by atoms with Crippen LogP contribution in [0.3, 0.4) is 0 Å². The van der Waals surface area contributed by atoms with Gasteiger partial charge in [0.1, 0.15) is 23.2 Å². The minimum atomic E-state index is -0.655. The maximum Gasteiger partial charge on any atom is 0.357 e. The number of thiazole rings is 1. The van der Waals surface area contributed by atoms with Crippen molar-refractivity contribution in [3.8, 4) is 22.0 Å². The smallest absolute Gasteiger partial charge is 0.357 e. The minimum Gasteiger partial charge on any atom is -0.465 e. The molecule has 0 aliphatic rings. The second kappa shape index (κ2) is 9.59. The average Bonchev–Trinajstić information content (AvgIpc) is 3.64. The Kier molecular flexibility index (Phi) is 6.04. The molecule has 34 heavy (non-hydrogen) atoms. The van der Waals surface area contributed by atoms with E-state index in [1.807, 2.05) is 30.3 Å². The molecule has 5 rings (SSSR count). The SMILES string of the molecule is O=C(OCc1csc(-c2ccc(F)cc2)n1)C(=Cc1ccco1)n1nnnc1-c1ccccc1. The first-order valence-electron chi connectivity index (χ1n) is 10.1. The Hall–Kier alpha value is -4.44. The van der Waals surface area contributed by atoms with E-state index in [0.29, 0.717) is 22.3 Å². The molecule has 0 aliphatic carbocycles. The Labute approximate surface area is 197 Å². The topological polar surface area (TPSA) is 95.9 Å². The van der Waals surface area contributed by atoms with Gasteiger partial charge < -0.3 is 9.15 Å². The summed E-state index contributed by atoms with van der Waals surface area (Å²) in [6, 6.07) is 18.7. The molecule has 0 amide bonds. The van der Waals surface area contributed by atoms with Crippen molar-refractivity contribution in [3.63, 3.8) is 0 Å². The van der Waals surface area contributed by atoms with Crippen LogP contribution in [0.1, 0.15) is 11.5 Å². The molecule has 0 radical (unpaired) electrons. The predicted molar refractivity (Wildman–Crippen MR) is 123 cm³/mol. The van der Waals surface area contributed by atoms with E-state index >= 15 is 0 Å². The van der Waals surface area contributed by atoms with Crippen molar-refractivity contribution < 1.29 is 18.3 Å². The molecule has 10 heteroatoms. The van der Waals surface area contributed by atoms with Crippen LogP contribution in [-0.4, -0.2) is 31.2 Å². The quantitative estimate of drug-likeness (QED) is 0.244. The Balaban J connectivity index is 1.39. The van der Waals surface area contributed by atoms with Crippen molar-refractivity contribution in [1.82, 2.24) is 25.2 Å². The number of aromatic nitrogens is 5. The molecule has 0 spiro atoms. The van der Waals surface area contributed by atoms with Gasteiger partial charge in [0.25, 0.3) is 0 Å². The monoisotopic (exact) mass is 473 g/mol. The summed E-state index contributed by atoms with van der Waals surface area (Å²) in [4.78, 5) is 17.6. The fourth-order valence-corrected chi connectivity index (χ4v) is 3.95. The predicted octanol–water partition coefficient (Wildman–Crippen LogP) is 4.94. The highest BCUT2D eigenvalue weighted by Crippen LogP contribution is 2.25. The van der Waals surface area contributed by atoms with Crippen molar-refractivity contribution >= 4 is 29.1 Å². The summed E-state index contributed by atoms with van der Waals surface area (Å²) < 4.78 is 25.4. The summed E-state index contributed by atoms with van der Waals surface area (Å²) in [5.74, 6) is -0.156. The van der Waals surface area contributed by atoms with Crippen LogP contribution in [0.15, 0.2) is 82.8 Å². The van der Waals surface area contributed by atoms with E-state index in [1.165, 1.54) is 40.5 Å². The van der Waals surface area contributed by atoms with Gasteiger partial charge in [-0.25, -0.2) is 14.2 Å². The molecular weight excluding hydrogens is 457 g/mol. The van der Waals surface area contributed by atoms with E-state index in [0.717, 1.165) is 11.1 Å². The lowest BCUT2D eigenvalue weighted by Gasteiger charge is -2.09. The van der Waals surface area contributed by atoms with Gasteiger partial charge in [-0.05, 0) is 46.8 Å². The third-order valence-electron chi connectivity index (χ3n) is 4.76. The van der Waals surface area contributed by atoms with Crippen LogP contribution in [0.4, 0.5) is 4.39 Å². The number of rotatable bonds is 7. The fourth-order valence-electron chi connectivity index (χ4n) is 3.14. The lowest BCUT2D eigenvalue weighted by Crippen LogP contribution is -2.15. The number of carbonyl (C=O) groups is 1. The van der Waals surface area contributed by atoms with E-state index in [1.54, 1.807) is 29.6 Å². The summed E-state index contributed by atoms with van der Waals surface area (Å²) in [6.07, 6.45) is 3.01. The number of ether oxygens (including phenoxy) is 1. The molecule has 0 fully saturated rings. The zero-order chi connectivity index (χ0) is 23.3. The average molecular weight is 473 g/mol. The van der Waals surface area contributed by atoms with Gasteiger partial charge in [-0.15, -0.1) is 16.4 Å². The molecule has 2 aromatic carbocycles. The first-order chi connectivity index (χ1) is 16.7. The molecule has 3 heterocycles. The molecule has 0 unspecified atom stereocenters. The summed E-state index contributed by atoms with van der Waals surface area (Å²) in [6.45, 7) is -0.0607. The van der Waals surface area contributed by atoms with E-state index < -0.39 is 5.97 Å². The molecule has 0 atom stereocenters. The van der Waals surface area contributed by atoms with Crippen molar-refractivity contribution in [1.29, 1.82) is 0 Å². The van der Waals surface area contributed by atoms with Crippen LogP contribution in [0.25, 0.3) is 33.7 Å². The van der Waals surface area contributed by atoms with Gasteiger partial charge >= 0.3 is 5.97 Å². The van der Waals surface area contributed by atoms with Gasteiger partial charge in [-0.3, -0.25) is 0 Å². The summed E-state index contributed by atoms with van der Waals surface area (Å²) in [5.41, 5.74) is 2.15. The van der Waals surface area contributed by atoms with Gasteiger partial charge in [0, 0.05) is 22.6 Å². The number of hydrogen-bond donors (Lipinski definition) is 0. The summed E-state index contributed by atoms with van der Waals surface area (Å²) >= 11 is 1.38. The van der Waals surface area contributed by atoms with Gasteiger partial charge in [0.2, 0.25) is 0 Å². The Morgan fingerprint density at radius 3 is 2.65 bits per heavy atom. The van der Waals surface area contributed by atoms with Gasteiger partial charge in [-0.1, -0.05) is 30.3 Å². The largest absolute Gasteiger partial charge is 0.465 e. The van der Waals surface area contributed by atoms with Crippen molar-refractivity contribution in [2.24, 2.45) is 0 Å². The summed E-state index contributed by atoms with van der Waals surface area (Å²) in [5, 5.41) is 14.3. The lowest BCUT2D eigenvalue weighted by molar-refractivity contribution is -0.138. The first-order valence-corrected chi connectivity index (χ1v) is 11.0. The molecule has 0 bridgehead atoms. The second-order valence-corrected chi connectivity index (χ2v) is 7.91. The maximum atomic E-state index is 13.2. The summed E-state index contributed by atoms with van der Waals surface area (Å²) in [7, 11) is 0. The molecule has 0 saturated carbocycles. The zero-order valence-electron chi connectivity index (χ0n) is 17.5. The number of esters is 1. The fraction of sp³-hybridized carbons (Fsp3) is 0.0417. The van der Waals surface area contributed by atoms with Crippen molar-refractivity contribution in [2.45, 2.75) is 6.61 Å². The van der Waals surface area contributed by atoms with Crippen molar-refractivity contribution in [3.05, 3.63) is 95.6 Å². The van der Waals surface area contributed by atoms with Crippen LogP contribution in [0, 0.1) is 5.82 Å². The second-order valence-electron chi connectivity index (χ2n) is 7.05. The van der Waals surface area contributed by atoms with Crippen LogP contribution in [0.2, 0.25) is 0 Å². The molecule has 3 aromatic heterocycles. The molecule has 8 nitrogen and oxygen atoms in total. The molecule has 0 aliphatic heterocycles. The molecule has 168 valence electrons. The van der Waals surface area contributed by atoms with E-state index in [-0.39, 0.29) is 18.1 Å². The Morgan fingerprint density at radius 1 is 1.06 bits per heavy atom. The van der Waals surface area contributed by atoms with Gasteiger partial charge in [-0.2, -0.15) is 4.68 Å². The molecule has 5 aromatic rings. The highest BCUT2D eigenvalue weighted by molar-refractivity contribution is 7.13. The Morgan fingerprint density at radius 2 is 1.88 bits per heavy atom. The number of carbonyl (C=O) groups excluding carboxylic acids is 1. The maximum absolute atomic E-state index is 13.2. The van der Waals surface area contributed by atoms with Crippen molar-refractivity contribution in [2.75, 3.05) is 0 Å². The van der Waals surface area contributed by atoms with Crippen LogP contribution in [-0.2, 0) is 16.1 Å². The lowest BCUT2D eigenvalue weighted by atomic mass is 10.2. The van der Waals surface area contributed by atoms with E-state index in [4.69, 9.17) is 9.15 Å². The standard InChI is InChI=1S/C24H16FN5O3S/c25-18-10-8-17(9-11-18)23-26-19(15-34-23)14-33-24(31)21(13-20-7-4-12-32-20)30-22(27-28-29-30)16-5-2-1-3-6-16/h1-13,15H,14H2. The number of furan rings is 1. The highest BCUT2D eigenvalue weighted by Gasteiger charge is 2.21. The zero-order valence-corrected chi connectivity index (χ0v) is 18.4. The van der Waals surface area contributed by atoms with E-state index in [2.05, 4.69) is 20.5 Å². The molecule has 0 saturated heterocycles. The Bertz CT molecular complexity index is 1430. The number of halogens is 1. The van der Waals surface area contributed by atoms with Gasteiger partial charge in [0.15, 0.2) is 11.5 Å². The third kappa shape index (κ3) is 4.66. The van der Waals surface area contributed by atoms with E-state index in [9.17, 15) is 9.18 Å². The van der Waals surface area contributed by atoms with Gasteiger partial charge in [0.05, 0.1) is 12.0 Å². The molecule has 0 N–H and O–H groups in total. The van der Waals surface area contributed by atoms with Crippen LogP contribution < -0.4 is 0 Å². The van der Waals surface area contributed by atoms with Crippen LogP contribution in [0.5, 0.6) is 0 Å². The number of tetrazole rings is 1. The number of benzene rings is 2. The number of hydrogen-bond acceptors (Lipinski definition) is 8.